The molecule has 0 aliphatic carbocycles. The van der Waals surface area contributed by atoms with Gasteiger partial charge in [-0.1, -0.05) is 115 Å². The summed E-state index contributed by atoms with van der Waals surface area (Å²) in [6.45, 7) is 0. The first-order chi connectivity index (χ1) is 25.3. The predicted octanol–water partition coefficient (Wildman–Crippen LogP) is 15.6. The molecular weight excluding hydrogens is 673 g/mol. The maximum atomic E-state index is 2.45. The first kappa shape index (κ1) is 28.2. The van der Waals surface area contributed by atoms with E-state index in [0.717, 1.165) is 0 Å². The topological polar surface area (TPSA) is 0 Å². The van der Waals surface area contributed by atoms with E-state index >= 15 is 0 Å². The van der Waals surface area contributed by atoms with Gasteiger partial charge in [-0.05, 0) is 97.0 Å². The third-order valence-electron chi connectivity index (χ3n) is 10.8. The van der Waals surface area contributed by atoms with Crippen LogP contribution in [0.1, 0.15) is 0 Å². The molecular formula is C48H26S3. The van der Waals surface area contributed by atoms with E-state index in [1.54, 1.807) is 0 Å². The van der Waals surface area contributed by atoms with Crippen molar-refractivity contribution in [3.8, 4) is 22.3 Å². The number of rotatable bonds is 2. The van der Waals surface area contributed by atoms with Crippen LogP contribution in [0.5, 0.6) is 0 Å². The van der Waals surface area contributed by atoms with E-state index < -0.39 is 0 Å². The van der Waals surface area contributed by atoms with Gasteiger partial charge in [0.25, 0.3) is 0 Å². The van der Waals surface area contributed by atoms with Gasteiger partial charge in [0.15, 0.2) is 0 Å². The molecule has 0 radical (unpaired) electrons. The number of fused-ring (bicyclic) bond motifs is 13. The summed E-state index contributed by atoms with van der Waals surface area (Å²) in [5, 5.41) is 15.9. The van der Waals surface area contributed by atoms with E-state index in [4.69, 9.17) is 0 Å². The Hall–Kier alpha value is -5.58. The lowest BCUT2D eigenvalue weighted by Gasteiger charge is -2.18. The molecule has 236 valence electrons. The molecule has 0 nitrogen and oxygen atoms in total. The highest BCUT2D eigenvalue weighted by atomic mass is 32.1. The van der Waals surface area contributed by atoms with Gasteiger partial charge in [0.1, 0.15) is 0 Å². The lowest BCUT2D eigenvalue weighted by molar-refractivity contribution is 1.70. The molecule has 0 saturated heterocycles. The Morgan fingerprint density at radius 2 is 0.706 bits per heavy atom. The molecule has 0 unspecified atom stereocenters. The summed E-state index contributed by atoms with van der Waals surface area (Å²) in [5.74, 6) is 0. The lowest BCUT2D eigenvalue weighted by Crippen LogP contribution is -1.90. The Labute approximate surface area is 305 Å². The van der Waals surface area contributed by atoms with E-state index in [2.05, 4.69) is 158 Å². The highest BCUT2D eigenvalue weighted by molar-refractivity contribution is 7.26. The first-order valence-electron chi connectivity index (χ1n) is 17.3. The Kier molecular flexibility index (Phi) is 5.78. The Morgan fingerprint density at radius 1 is 0.255 bits per heavy atom. The van der Waals surface area contributed by atoms with Crippen LogP contribution in [0.3, 0.4) is 0 Å². The van der Waals surface area contributed by atoms with Crippen LogP contribution in [-0.4, -0.2) is 0 Å². The van der Waals surface area contributed by atoms with Crippen LogP contribution in [0.15, 0.2) is 158 Å². The van der Waals surface area contributed by atoms with Gasteiger partial charge in [0.05, 0.1) is 0 Å². The SMILES string of the molecule is c1ccc2c(c1)sc1cc(-c3c4ccccc4c(-c4ccc5c(c4)sc4ccc6cc7sc8ccccc8c7cc6c45)c4ccccc34)ccc12. The fourth-order valence-electron chi connectivity index (χ4n) is 8.60. The molecule has 12 rings (SSSR count). The summed E-state index contributed by atoms with van der Waals surface area (Å²) in [6, 6.07) is 59.3. The number of hydrogen-bond donors (Lipinski definition) is 0. The highest BCUT2D eigenvalue weighted by Gasteiger charge is 2.19. The monoisotopic (exact) mass is 698 g/mol. The third-order valence-corrected chi connectivity index (χ3v) is 14.2. The molecule has 0 aliphatic rings. The van der Waals surface area contributed by atoms with Gasteiger partial charge >= 0.3 is 0 Å². The Morgan fingerprint density at radius 3 is 1.31 bits per heavy atom. The summed E-state index contributed by atoms with van der Waals surface area (Å²) in [5.41, 5.74) is 5.16. The van der Waals surface area contributed by atoms with Crippen LogP contribution < -0.4 is 0 Å². The van der Waals surface area contributed by atoms with Crippen LogP contribution in [0.25, 0.3) is 115 Å². The van der Waals surface area contributed by atoms with E-state index in [-0.39, 0.29) is 0 Å². The second-order valence-electron chi connectivity index (χ2n) is 13.6. The molecule has 0 amide bonds. The summed E-state index contributed by atoms with van der Waals surface area (Å²) >= 11 is 5.69. The summed E-state index contributed by atoms with van der Waals surface area (Å²) < 4.78 is 8.06. The van der Waals surface area contributed by atoms with Gasteiger partial charge in [-0.3, -0.25) is 0 Å². The number of hydrogen-bond acceptors (Lipinski definition) is 3. The molecule has 0 atom stereocenters. The van der Waals surface area contributed by atoms with Crippen molar-refractivity contribution in [1.82, 2.24) is 0 Å². The molecule has 0 N–H and O–H groups in total. The molecule has 3 aromatic heterocycles. The van der Waals surface area contributed by atoms with Gasteiger partial charge in [0.2, 0.25) is 0 Å². The van der Waals surface area contributed by atoms with Crippen molar-refractivity contribution in [1.29, 1.82) is 0 Å². The quantitative estimate of drug-likeness (QED) is 0.158. The standard InChI is InChI=1S/C48H26S3/c1-3-13-35-33(11-1)46(28-17-20-32-30-9-5-7-15-40(30)49-43(32)24-28)34-12-2-4-14-36(34)47(35)29-18-21-37-44(25-29)51-42-22-19-27-23-45-39(26-38(27)48(37)42)31-10-6-8-16-41(31)50-45/h1-26H. The van der Waals surface area contributed by atoms with Crippen molar-refractivity contribution in [3.05, 3.63) is 158 Å². The molecule has 3 heterocycles. The zero-order valence-corrected chi connectivity index (χ0v) is 29.7. The van der Waals surface area contributed by atoms with Crippen LogP contribution in [0, 0.1) is 0 Å². The fraction of sp³-hybridized carbons (Fsp3) is 0. The average molecular weight is 699 g/mol. The zero-order valence-electron chi connectivity index (χ0n) is 27.2. The van der Waals surface area contributed by atoms with Crippen molar-refractivity contribution in [2.24, 2.45) is 0 Å². The Bertz CT molecular complexity index is 3370. The smallest absolute Gasteiger partial charge is 0.0361 e. The molecule has 0 fully saturated rings. The molecule has 9 aromatic carbocycles. The molecule has 12 aromatic rings. The fourth-order valence-corrected chi connectivity index (χ4v) is 12.0. The van der Waals surface area contributed by atoms with Crippen molar-refractivity contribution >= 4 is 127 Å². The van der Waals surface area contributed by atoms with Crippen molar-refractivity contribution < 1.29 is 0 Å². The highest BCUT2D eigenvalue weighted by Crippen LogP contribution is 2.48. The van der Waals surface area contributed by atoms with E-state index in [9.17, 15) is 0 Å². The van der Waals surface area contributed by atoms with Gasteiger partial charge < -0.3 is 0 Å². The number of benzene rings is 9. The second kappa shape index (κ2) is 10.5. The average Bonchev–Trinajstić information content (AvgIpc) is 3.86. The number of thiophene rings is 3. The molecule has 0 spiro atoms. The summed E-state index contributed by atoms with van der Waals surface area (Å²) in [6.07, 6.45) is 0. The Balaban J connectivity index is 1.10. The summed E-state index contributed by atoms with van der Waals surface area (Å²) in [7, 11) is 0. The van der Waals surface area contributed by atoms with Gasteiger partial charge in [-0.15, -0.1) is 34.0 Å². The minimum atomic E-state index is 1.27. The minimum absolute atomic E-state index is 1.27. The third kappa shape index (κ3) is 4.00. The zero-order chi connectivity index (χ0) is 33.2. The van der Waals surface area contributed by atoms with Crippen molar-refractivity contribution in [3.63, 3.8) is 0 Å². The van der Waals surface area contributed by atoms with E-state index in [1.165, 1.54) is 115 Å². The van der Waals surface area contributed by atoms with Crippen LogP contribution in [-0.2, 0) is 0 Å². The van der Waals surface area contributed by atoms with Crippen LogP contribution >= 0.6 is 34.0 Å². The minimum Gasteiger partial charge on any atom is -0.135 e. The molecule has 0 bridgehead atoms. The van der Waals surface area contributed by atoms with Crippen molar-refractivity contribution in [2.45, 2.75) is 0 Å². The van der Waals surface area contributed by atoms with Crippen molar-refractivity contribution in [2.75, 3.05) is 0 Å². The van der Waals surface area contributed by atoms with Gasteiger partial charge in [-0.25, -0.2) is 0 Å². The summed E-state index contributed by atoms with van der Waals surface area (Å²) in [4.78, 5) is 0. The molecule has 51 heavy (non-hydrogen) atoms. The predicted molar refractivity (Wildman–Crippen MR) is 228 cm³/mol. The second-order valence-corrected chi connectivity index (χ2v) is 16.8. The normalized spacial score (nSPS) is 12.3. The molecule has 0 saturated carbocycles. The maximum Gasteiger partial charge on any atom is 0.0361 e. The van der Waals surface area contributed by atoms with E-state index in [0.29, 0.717) is 0 Å². The lowest BCUT2D eigenvalue weighted by atomic mass is 9.85. The molecule has 3 heteroatoms. The van der Waals surface area contributed by atoms with Crippen LogP contribution in [0.4, 0.5) is 0 Å². The largest absolute Gasteiger partial charge is 0.135 e. The maximum absolute atomic E-state index is 2.45. The van der Waals surface area contributed by atoms with Gasteiger partial charge in [-0.2, -0.15) is 0 Å². The van der Waals surface area contributed by atoms with E-state index in [1.807, 2.05) is 34.0 Å². The van der Waals surface area contributed by atoms with Gasteiger partial charge in [0, 0.05) is 60.5 Å². The molecule has 0 aliphatic heterocycles. The first-order valence-corrected chi connectivity index (χ1v) is 19.8. The van der Waals surface area contributed by atoms with Crippen LogP contribution in [0.2, 0.25) is 0 Å².